The lowest BCUT2D eigenvalue weighted by atomic mass is 10.1. The van der Waals surface area contributed by atoms with E-state index in [4.69, 9.17) is 8.83 Å². The van der Waals surface area contributed by atoms with Crippen LogP contribution in [0.5, 0.6) is 0 Å². The van der Waals surface area contributed by atoms with Gasteiger partial charge in [-0.05, 0) is 87.9 Å². The van der Waals surface area contributed by atoms with Gasteiger partial charge in [0.15, 0.2) is 28.5 Å². The van der Waals surface area contributed by atoms with E-state index in [1.807, 2.05) is 62.4 Å². The monoisotopic (exact) mass is 1310 g/mol. The van der Waals surface area contributed by atoms with E-state index in [0.29, 0.717) is 77.8 Å². The lowest BCUT2D eigenvalue weighted by Crippen LogP contribution is -2.39. The highest BCUT2D eigenvalue weighted by Crippen LogP contribution is 2.29. The maximum Gasteiger partial charge on any atom is 0.229 e. The Morgan fingerprint density at radius 3 is 1.19 bits per heavy atom. The van der Waals surface area contributed by atoms with Crippen LogP contribution >= 0.6 is 11.3 Å². The first-order valence-electron chi connectivity index (χ1n) is 30.9. The first-order valence-corrected chi connectivity index (χ1v) is 31.8. The van der Waals surface area contributed by atoms with Crippen LogP contribution in [-0.4, -0.2) is 168 Å². The largest absolute Gasteiger partial charge is 0.463 e. The number of aliphatic hydroxyl groups is 7. The highest BCUT2D eigenvalue weighted by atomic mass is 32.1. The SMILES string of the molecule is CC(C)c1cnn2c(NCc3ccc(-c4ccco4)nc3)nc(NC(CO)CO)nc12.CC(C)c1cnn2c(NCc3ccc(-c4ccco4)nc3)nc(N[C@@H](CO)[C@H](O)CO)nc12.CC(C)c1cnn2c(NCc3ccc(-c4cccs4)cc3)nc(NC(CO)CO)nc12. The fraction of sp³-hybridized carbons (Fsp3) is 0.338. The van der Waals surface area contributed by atoms with Gasteiger partial charge in [0, 0.05) is 53.6 Å². The number of thiophene rings is 1. The standard InChI is InChI=1S/C22H27N7O4.C22H26N6O2S.C21H25N7O3/c1-13(2)15-10-25-29-20(15)27-21(26-17(11-30)18(32)12-31)28-22(29)24-9-14-5-6-16(23-8-14)19-4-3-7-33-19;1-14(2)18-11-24-28-20(18)26-21(25-17(12-29)13-30)27-22(28)23-10-15-5-7-16(8-6-15)19-4-3-9-31-19;1-13(2)16-10-24-28-19(16)26-20(25-15(11-29)12-30)27-21(28)23-9-14-5-6-17(22-8-14)18-4-3-7-31-18/h3-8,10,13,17-18,30-32H,9,11-12H2,1-2H3,(H2,24,26,27,28);3-9,11,14,17,29-30H,10,12-13H2,1-2H3,(H2,23,25,26,27);3-8,10,13,15,29-30H,9,11-12H2,1-2H3,(H2,23,25,26,27)/t17-,18+;;/m0../s1. The molecule has 0 saturated carbocycles. The van der Waals surface area contributed by atoms with Crippen LogP contribution in [0, 0.1) is 0 Å². The average Bonchev–Trinajstić information content (AvgIpc) is 1.72. The van der Waals surface area contributed by atoms with Crippen molar-refractivity contribution < 1.29 is 44.6 Å². The second-order valence-corrected chi connectivity index (χ2v) is 23.9. The van der Waals surface area contributed by atoms with Crippen LogP contribution in [0.4, 0.5) is 35.7 Å². The molecule has 2 atom stereocenters. The van der Waals surface area contributed by atoms with Gasteiger partial charge in [-0.3, -0.25) is 9.97 Å². The molecule has 0 aliphatic heterocycles. The molecule has 0 saturated heterocycles. The minimum atomic E-state index is -1.17. The fourth-order valence-corrected chi connectivity index (χ4v) is 10.4. The van der Waals surface area contributed by atoms with E-state index >= 15 is 0 Å². The van der Waals surface area contributed by atoms with Crippen molar-refractivity contribution in [2.45, 2.75) is 103 Å². The lowest BCUT2D eigenvalue weighted by molar-refractivity contribution is 0.0610. The summed E-state index contributed by atoms with van der Waals surface area (Å²) < 4.78 is 15.7. The predicted molar refractivity (Wildman–Crippen MR) is 361 cm³/mol. The molecule has 0 unspecified atom stereocenters. The minimum Gasteiger partial charge on any atom is -0.463 e. The van der Waals surface area contributed by atoms with Crippen LogP contribution in [0.3, 0.4) is 0 Å². The van der Waals surface area contributed by atoms with E-state index in [-0.39, 0.29) is 50.1 Å². The third-order valence-electron chi connectivity index (χ3n) is 15.1. The molecule has 11 aromatic heterocycles. The molecule has 0 aliphatic rings. The summed E-state index contributed by atoms with van der Waals surface area (Å²) in [5.74, 6) is 4.34. The summed E-state index contributed by atoms with van der Waals surface area (Å²) in [4.78, 5) is 37.3. The topological polar surface area (TPSA) is 395 Å². The molecule has 0 aliphatic carbocycles. The van der Waals surface area contributed by atoms with Gasteiger partial charge in [-0.15, -0.1) is 11.3 Å². The minimum absolute atomic E-state index is 0.174. The van der Waals surface area contributed by atoms with Gasteiger partial charge in [-0.25, -0.2) is 0 Å². The van der Waals surface area contributed by atoms with Gasteiger partial charge in [-0.1, -0.05) is 84.0 Å². The number of pyridine rings is 2. The summed E-state index contributed by atoms with van der Waals surface area (Å²) in [5.41, 5.74) is 10.5. The number of aliphatic hydroxyl groups excluding tert-OH is 7. The van der Waals surface area contributed by atoms with Crippen LogP contribution < -0.4 is 31.9 Å². The fourth-order valence-electron chi connectivity index (χ4n) is 9.63. The summed E-state index contributed by atoms with van der Waals surface area (Å²) >= 11 is 1.72. The number of fused-ring (bicyclic) bond motifs is 3. The van der Waals surface area contributed by atoms with Gasteiger partial charge in [0.05, 0.1) is 95.0 Å². The number of rotatable bonds is 28. The molecule has 12 rings (SSSR count). The van der Waals surface area contributed by atoms with Gasteiger partial charge in [-0.2, -0.15) is 58.7 Å². The smallest absolute Gasteiger partial charge is 0.229 e. The van der Waals surface area contributed by atoms with Crippen LogP contribution in [0.15, 0.2) is 143 Å². The summed E-state index contributed by atoms with van der Waals surface area (Å²) in [5, 5.41) is 100. The molecule has 0 bridgehead atoms. The van der Waals surface area contributed by atoms with Crippen molar-refractivity contribution >= 4 is 64.0 Å². The molecule has 0 radical (unpaired) electrons. The highest BCUT2D eigenvalue weighted by Gasteiger charge is 2.23. The molecule has 498 valence electrons. The van der Waals surface area contributed by atoms with Crippen LogP contribution in [0.1, 0.15) is 92.7 Å². The van der Waals surface area contributed by atoms with Crippen molar-refractivity contribution in [2.24, 2.45) is 0 Å². The molecule has 0 spiro atoms. The molecule has 95 heavy (non-hydrogen) atoms. The Morgan fingerprint density at radius 2 is 0.853 bits per heavy atom. The van der Waals surface area contributed by atoms with E-state index in [9.17, 15) is 35.7 Å². The van der Waals surface area contributed by atoms with Gasteiger partial charge in [0.2, 0.25) is 35.7 Å². The van der Waals surface area contributed by atoms with E-state index in [2.05, 4.69) is 157 Å². The second-order valence-electron chi connectivity index (χ2n) is 23.0. The van der Waals surface area contributed by atoms with Crippen LogP contribution in [0.2, 0.25) is 0 Å². The third-order valence-corrected chi connectivity index (χ3v) is 16.0. The van der Waals surface area contributed by atoms with E-state index < -0.39 is 37.4 Å². The molecule has 1 aromatic carbocycles. The molecular formula is C65H78N20O9S. The molecular weight excluding hydrogens is 1240 g/mol. The van der Waals surface area contributed by atoms with Crippen LogP contribution in [-0.2, 0) is 19.6 Å². The Balaban J connectivity index is 0.000000155. The van der Waals surface area contributed by atoms with E-state index in [0.717, 1.165) is 44.8 Å². The Hall–Kier alpha value is -10.1. The van der Waals surface area contributed by atoms with E-state index in [1.54, 1.807) is 68.4 Å². The number of aromatic nitrogens is 14. The number of hydrogen-bond donors (Lipinski definition) is 13. The zero-order valence-corrected chi connectivity index (χ0v) is 54.0. The number of anilines is 6. The number of furan rings is 2. The molecule has 12 aromatic rings. The van der Waals surface area contributed by atoms with Crippen molar-refractivity contribution in [3.05, 3.63) is 167 Å². The highest BCUT2D eigenvalue weighted by molar-refractivity contribution is 7.13. The quantitative estimate of drug-likeness (QED) is 0.0229. The lowest BCUT2D eigenvalue weighted by Gasteiger charge is -2.21. The normalized spacial score (nSPS) is 12.2. The zero-order chi connectivity index (χ0) is 67.0. The molecule has 30 heteroatoms. The molecule has 0 amide bonds. The Bertz CT molecular complexity index is 4110. The van der Waals surface area contributed by atoms with Gasteiger partial charge >= 0.3 is 0 Å². The maximum atomic E-state index is 9.93. The van der Waals surface area contributed by atoms with Gasteiger partial charge in [0.1, 0.15) is 11.4 Å². The van der Waals surface area contributed by atoms with Crippen molar-refractivity contribution in [2.75, 3.05) is 71.5 Å². The summed E-state index contributed by atoms with van der Waals surface area (Å²) in [6.45, 7) is 12.0. The number of hydrogen-bond acceptors (Lipinski definition) is 27. The van der Waals surface area contributed by atoms with Crippen molar-refractivity contribution in [1.82, 2.24) is 68.7 Å². The number of benzene rings is 1. The van der Waals surface area contributed by atoms with Crippen molar-refractivity contribution in [3.8, 4) is 33.3 Å². The maximum absolute atomic E-state index is 9.93. The summed E-state index contributed by atoms with van der Waals surface area (Å²) in [6, 6.07) is 25.7. The molecule has 13 N–H and O–H groups in total. The van der Waals surface area contributed by atoms with Crippen molar-refractivity contribution in [3.63, 3.8) is 0 Å². The summed E-state index contributed by atoms with van der Waals surface area (Å²) in [7, 11) is 0. The third kappa shape index (κ3) is 16.8. The van der Waals surface area contributed by atoms with Gasteiger partial charge < -0.3 is 76.5 Å². The number of nitrogens with zero attached hydrogens (tertiary/aromatic N) is 14. The molecule has 0 fully saturated rings. The number of nitrogens with one attached hydrogen (secondary N) is 6. The Labute approximate surface area is 550 Å². The molecule has 11 heterocycles. The molecule has 29 nitrogen and oxygen atoms in total. The summed E-state index contributed by atoms with van der Waals surface area (Å²) in [6.07, 6.45) is 10.9. The van der Waals surface area contributed by atoms with Crippen LogP contribution in [0.25, 0.3) is 50.3 Å². The first kappa shape index (κ1) is 67.8. The average molecular weight is 1320 g/mol. The van der Waals surface area contributed by atoms with Crippen molar-refractivity contribution in [1.29, 1.82) is 0 Å². The predicted octanol–water partition coefficient (Wildman–Crippen LogP) is 7.27. The Morgan fingerprint density at radius 1 is 0.442 bits per heavy atom. The zero-order valence-electron chi connectivity index (χ0n) is 53.2. The first-order chi connectivity index (χ1) is 46.2. The second kappa shape index (κ2) is 32.2. The Kier molecular flexibility index (Phi) is 23.0. The van der Waals surface area contributed by atoms with Gasteiger partial charge in [0.25, 0.3) is 0 Å². The van der Waals surface area contributed by atoms with E-state index in [1.165, 1.54) is 10.4 Å².